The lowest BCUT2D eigenvalue weighted by Crippen LogP contribution is -2.41. The first-order valence-corrected chi connectivity index (χ1v) is 15.0. The lowest BCUT2D eigenvalue weighted by atomic mass is 10.0. The molecule has 2 fully saturated rings. The molecule has 11 nitrogen and oxygen atoms in total. The zero-order chi connectivity index (χ0) is 30.3. The SMILES string of the molecule is C=CC(=O)N1CCC(Nc2cc3c(Nc4cc(-c5ccco5)ccc4OC)ncnc3cc2OCCN2CCOCC2)CC1. The summed E-state index contributed by atoms with van der Waals surface area (Å²) in [4.78, 5) is 25.5. The number of hydrogen-bond acceptors (Lipinski definition) is 10. The molecule has 6 rings (SSSR count). The lowest BCUT2D eigenvalue weighted by Gasteiger charge is -2.32. The minimum atomic E-state index is -0.0271. The number of furan rings is 1. The van der Waals surface area contributed by atoms with Crippen LogP contribution in [0.25, 0.3) is 22.2 Å². The summed E-state index contributed by atoms with van der Waals surface area (Å²) in [7, 11) is 1.64. The van der Waals surface area contributed by atoms with Crippen LogP contribution in [0.15, 0.2) is 72.1 Å². The highest BCUT2D eigenvalue weighted by Crippen LogP contribution is 2.37. The van der Waals surface area contributed by atoms with E-state index < -0.39 is 0 Å². The van der Waals surface area contributed by atoms with Crippen LogP contribution in [0.1, 0.15) is 12.8 Å². The van der Waals surface area contributed by atoms with Gasteiger partial charge in [0.2, 0.25) is 5.91 Å². The fourth-order valence-corrected chi connectivity index (χ4v) is 5.65. The maximum absolute atomic E-state index is 12.1. The Kier molecular flexibility index (Phi) is 9.23. The van der Waals surface area contributed by atoms with Gasteiger partial charge in [0, 0.05) is 55.8 Å². The number of morpholine rings is 1. The number of nitrogens with one attached hydrogen (secondary N) is 2. The number of rotatable bonds is 11. The Morgan fingerprint density at radius 2 is 1.91 bits per heavy atom. The Balaban J connectivity index is 1.28. The number of ether oxygens (including phenoxy) is 3. The van der Waals surface area contributed by atoms with Crippen molar-refractivity contribution in [2.75, 3.05) is 70.3 Å². The van der Waals surface area contributed by atoms with Gasteiger partial charge in [0.05, 0.1) is 43.5 Å². The number of piperidine rings is 1. The van der Waals surface area contributed by atoms with Crippen molar-refractivity contribution < 1.29 is 23.4 Å². The molecule has 230 valence electrons. The fourth-order valence-electron chi connectivity index (χ4n) is 5.65. The molecule has 4 aromatic rings. The predicted molar refractivity (Wildman–Crippen MR) is 170 cm³/mol. The molecule has 0 spiro atoms. The van der Waals surface area contributed by atoms with Gasteiger partial charge in [-0.05, 0) is 55.3 Å². The molecule has 1 amide bonds. The third-order valence-electron chi connectivity index (χ3n) is 8.10. The van der Waals surface area contributed by atoms with Crippen molar-refractivity contribution in [3.8, 4) is 22.8 Å². The molecule has 2 saturated heterocycles. The summed E-state index contributed by atoms with van der Waals surface area (Å²) in [5.74, 6) is 2.78. The number of hydrogen-bond donors (Lipinski definition) is 2. The second kappa shape index (κ2) is 13.8. The molecule has 11 heteroatoms. The zero-order valence-electron chi connectivity index (χ0n) is 25.0. The molecule has 0 atom stereocenters. The Hall–Kier alpha value is -4.61. The van der Waals surface area contributed by atoms with E-state index in [0.29, 0.717) is 31.3 Å². The molecule has 2 aliphatic heterocycles. The summed E-state index contributed by atoms with van der Waals surface area (Å²) in [5.41, 5.74) is 3.28. The average molecular weight is 599 g/mol. The van der Waals surface area contributed by atoms with Crippen molar-refractivity contribution in [3.05, 3.63) is 67.7 Å². The molecule has 2 N–H and O–H groups in total. The first kappa shape index (κ1) is 29.5. The molecule has 0 unspecified atom stereocenters. The molecular formula is C33H38N6O5. The molecule has 2 aliphatic rings. The number of nitrogens with zero attached hydrogens (tertiary/aromatic N) is 4. The number of likely N-dealkylation sites (tertiary alicyclic amines) is 1. The van der Waals surface area contributed by atoms with E-state index in [1.165, 1.54) is 6.08 Å². The van der Waals surface area contributed by atoms with Crippen LogP contribution in [-0.2, 0) is 9.53 Å². The molecule has 44 heavy (non-hydrogen) atoms. The standard InChI is InChI=1S/C33H38N6O5/c1-3-32(40)39-10-8-24(9-11-39)36-28-20-25-26(21-31(28)44-18-14-38-12-16-42-17-13-38)34-22-35-33(25)37-27-19-23(6-7-30(27)41-2)29-5-4-15-43-29/h3-7,15,19-22,24,36H,1,8-14,16-18H2,2H3,(H,34,35,37). The maximum Gasteiger partial charge on any atom is 0.245 e. The van der Waals surface area contributed by atoms with Gasteiger partial charge in [-0.2, -0.15) is 0 Å². The highest BCUT2D eigenvalue weighted by molar-refractivity contribution is 5.95. The van der Waals surface area contributed by atoms with Crippen LogP contribution in [0.4, 0.5) is 17.2 Å². The van der Waals surface area contributed by atoms with Gasteiger partial charge in [-0.25, -0.2) is 9.97 Å². The lowest BCUT2D eigenvalue weighted by molar-refractivity contribution is -0.126. The number of carbonyl (C=O) groups excluding carboxylic acids is 1. The van der Waals surface area contributed by atoms with Crippen LogP contribution in [0.2, 0.25) is 0 Å². The van der Waals surface area contributed by atoms with E-state index in [2.05, 4.69) is 32.1 Å². The molecule has 2 aromatic heterocycles. The van der Waals surface area contributed by atoms with Gasteiger partial charge in [0.15, 0.2) is 0 Å². The number of amides is 1. The number of aromatic nitrogens is 2. The molecule has 0 bridgehead atoms. The summed E-state index contributed by atoms with van der Waals surface area (Å²) in [6.07, 6.45) is 6.21. The third-order valence-corrected chi connectivity index (χ3v) is 8.10. The van der Waals surface area contributed by atoms with Gasteiger partial charge in [-0.15, -0.1) is 0 Å². The van der Waals surface area contributed by atoms with Crippen molar-refractivity contribution in [2.45, 2.75) is 18.9 Å². The summed E-state index contributed by atoms with van der Waals surface area (Å²) >= 11 is 0. The van der Waals surface area contributed by atoms with Crippen molar-refractivity contribution in [1.29, 1.82) is 0 Å². The Morgan fingerprint density at radius 1 is 1.07 bits per heavy atom. The van der Waals surface area contributed by atoms with E-state index in [4.69, 9.17) is 18.6 Å². The van der Waals surface area contributed by atoms with Crippen LogP contribution < -0.4 is 20.1 Å². The van der Waals surface area contributed by atoms with Crippen LogP contribution >= 0.6 is 0 Å². The van der Waals surface area contributed by atoms with Crippen molar-refractivity contribution in [3.63, 3.8) is 0 Å². The van der Waals surface area contributed by atoms with Crippen LogP contribution in [-0.4, -0.2) is 91.4 Å². The van der Waals surface area contributed by atoms with E-state index in [0.717, 1.165) is 85.0 Å². The summed E-state index contributed by atoms with van der Waals surface area (Å²) in [6, 6.07) is 13.8. The Morgan fingerprint density at radius 3 is 2.66 bits per heavy atom. The summed E-state index contributed by atoms with van der Waals surface area (Å²) < 4.78 is 23.1. The second-order valence-electron chi connectivity index (χ2n) is 10.9. The van der Waals surface area contributed by atoms with Crippen LogP contribution in [0.3, 0.4) is 0 Å². The summed E-state index contributed by atoms with van der Waals surface area (Å²) in [5, 5.41) is 8.01. The number of methoxy groups -OCH3 is 1. The molecule has 4 heterocycles. The minimum Gasteiger partial charge on any atom is -0.495 e. The minimum absolute atomic E-state index is 0.0271. The smallest absolute Gasteiger partial charge is 0.245 e. The number of carbonyl (C=O) groups is 1. The van der Waals surface area contributed by atoms with Gasteiger partial charge in [0.1, 0.15) is 36.0 Å². The van der Waals surface area contributed by atoms with Crippen LogP contribution in [0.5, 0.6) is 11.5 Å². The van der Waals surface area contributed by atoms with Gasteiger partial charge >= 0.3 is 0 Å². The monoisotopic (exact) mass is 598 g/mol. The molecular weight excluding hydrogens is 560 g/mol. The maximum atomic E-state index is 12.1. The highest BCUT2D eigenvalue weighted by Gasteiger charge is 2.23. The van der Waals surface area contributed by atoms with Crippen LogP contribution in [0, 0.1) is 0 Å². The van der Waals surface area contributed by atoms with E-state index in [1.807, 2.05) is 47.4 Å². The Labute approximate surface area is 256 Å². The quantitative estimate of drug-likeness (QED) is 0.230. The number of anilines is 3. The fraction of sp³-hybridized carbons (Fsp3) is 0.364. The van der Waals surface area contributed by atoms with Gasteiger partial charge < -0.3 is 34.2 Å². The first-order valence-electron chi connectivity index (χ1n) is 15.0. The predicted octanol–water partition coefficient (Wildman–Crippen LogP) is 4.94. The van der Waals surface area contributed by atoms with Gasteiger partial charge in [0.25, 0.3) is 0 Å². The molecule has 2 aromatic carbocycles. The van der Waals surface area contributed by atoms with E-state index in [1.54, 1.807) is 19.7 Å². The van der Waals surface area contributed by atoms with Crippen molar-refractivity contribution >= 4 is 34.0 Å². The van der Waals surface area contributed by atoms with E-state index in [-0.39, 0.29) is 11.9 Å². The van der Waals surface area contributed by atoms with Crippen molar-refractivity contribution in [1.82, 2.24) is 19.8 Å². The van der Waals surface area contributed by atoms with Gasteiger partial charge in [-0.1, -0.05) is 6.58 Å². The highest BCUT2D eigenvalue weighted by atomic mass is 16.5. The first-order chi connectivity index (χ1) is 21.6. The van der Waals surface area contributed by atoms with E-state index >= 15 is 0 Å². The zero-order valence-corrected chi connectivity index (χ0v) is 25.0. The normalized spacial score (nSPS) is 16.1. The molecule has 0 saturated carbocycles. The largest absolute Gasteiger partial charge is 0.495 e. The topological polar surface area (TPSA) is 114 Å². The second-order valence-corrected chi connectivity index (χ2v) is 10.9. The molecule has 0 aliphatic carbocycles. The summed E-state index contributed by atoms with van der Waals surface area (Å²) in [6.45, 7) is 9.63. The Bertz CT molecular complexity index is 1580. The molecule has 0 radical (unpaired) electrons. The number of fused-ring (bicyclic) bond motifs is 1. The van der Waals surface area contributed by atoms with Gasteiger partial charge in [-0.3, -0.25) is 9.69 Å². The average Bonchev–Trinajstić information content (AvgIpc) is 3.61. The van der Waals surface area contributed by atoms with Crippen molar-refractivity contribution in [2.24, 2.45) is 0 Å². The number of benzene rings is 2. The third kappa shape index (κ3) is 6.79. The van der Waals surface area contributed by atoms with E-state index in [9.17, 15) is 4.79 Å².